The van der Waals surface area contributed by atoms with Crippen LogP contribution in [0.25, 0.3) is 5.57 Å². The molecule has 0 bridgehead atoms. The van der Waals surface area contributed by atoms with Gasteiger partial charge in [-0.1, -0.05) is 18.2 Å². The van der Waals surface area contributed by atoms with Crippen molar-refractivity contribution in [3.8, 4) is 18.1 Å². The highest BCUT2D eigenvalue weighted by atomic mass is 16.5. The first kappa shape index (κ1) is 19.0. The lowest BCUT2D eigenvalue weighted by molar-refractivity contribution is -0.142. The Balaban J connectivity index is 0.000000891. The van der Waals surface area contributed by atoms with Crippen molar-refractivity contribution in [2.75, 3.05) is 14.2 Å². The highest BCUT2D eigenvalue weighted by Gasteiger charge is 2.35. The SMILES string of the molecule is C#CC.C/C=C1\C(=NC)N(O)C(=O)C(c2ccc(OC)cc2)=C1O. The summed E-state index contributed by atoms with van der Waals surface area (Å²) < 4.78 is 5.05. The number of nitrogens with zero attached hydrogens (tertiary/aromatic N) is 2. The number of benzene rings is 1. The van der Waals surface area contributed by atoms with E-state index in [1.807, 2.05) is 0 Å². The Hall–Kier alpha value is -3.04. The third-order valence-electron chi connectivity index (χ3n) is 3.22. The summed E-state index contributed by atoms with van der Waals surface area (Å²) in [5, 5.41) is 20.7. The molecule has 1 aliphatic rings. The van der Waals surface area contributed by atoms with Gasteiger partial charge in [-0.3, -0.25) is 15.0 Å². The van der Waals surface area contributed by atoms with Crippen molar-refractivity contribution < 1.29 is 19.8 Å². The monoisotopic (exact) mass is 328 g/mol. The molecule has 126 valence electrons. The van der Waals surface area contributed by atoms with Gasteiger partial charge in [0.25, 0.3) is 5.91 Å². The number of methoxy groups -OCH3 is 1. The number of amidine groups is 1. The number of hydrogen-bond acceptors (Lipinski definition) is 5. The molecule has 0 saturated carbocycles. The first-order valence-electron chi connectivity index (χ1n) is 7.08. The fourth-order valence-corrected chi connectivity index (χ4v) is 2.16. The van der Waals surface area contributed by atoms with Crippen molar-refractivity contribution in [1.82, 2.24) is 5.06 Å². The van der Waals surface area contributed by atoms with Gasteiger partial charge in [0.05, 0.1) is 18.3 Å². The number of terminal acetylenes is 1. The smallest absolute Gasteiger partial charge is 0.287 e. The number of hydroxylamine groups is 2. The van der Waals surface area contributed by atoms with Crippen LogP contribution in [0.4, 0.5) is 0 Å². The lowest BCUT2D eigenvalue weighted by atomic mass is 9.96. The molecule has 0 atom stereocenters. The Bertz CT molecular complexity index is 737. The first-order chi connectivity index (χ1) is 11.5. The number of ether oxygens (including phenoxy) is 1. The Labute approximate surface area is 141 Å². The van der Waals surface area contributed by atoms with Crippen LogP contribution >= 0.6 is 0 Å². The third-order valence-corrected chi connectivity index (χ3v) is 3.22. The van der Waals surface area contributed by atoms with Crippen LogP contribution in [0.1, 0.15) is 19.4 Å². The summed E-state index contributed by atoms with van der Waals surface area (Å²) in [6.45, 7) is 3.34. The fraction of sp³-hybridized carbons (Fsp3) is 0.222. The number of aliphatic hydroxyl groups excluding tert-OH is 1. The fourth-order valence-electron chi connectivity index (χ4n) is 2.16. The Morgan fingerprint density at radius 2 is 1.88 bits per heavy atom. The summed E-state index contributed by atoms with van der Waals surface area (Å²) in [5.41, 5.74) is 0.790. The van der Waals surface area contributed by atoms with Gasteiger partial charge in [-0.05, 0) is 31.5 Å². The first-order valence-corrected chi connectivity index (χ1v) is 7.08. The molecule has 1 aromatic rings. The van der Waals surface area contributed by atoms with E-state index in [1.165, 1.54) is 14.2 Å². The van der Waals surface area contributed by atoms with Crippen LogP contribution in [-0.2, 0) is 4.79 Å². The zero-order valence-electron chi connectivity index (χ0n) is 14.1. The number of hydrogen-bond donors (Lipinski definition) is 2. The molecular weight excluding hydrogens is 308 g/mol. The summed E-state index contributed by atoms with van der Waals surface area (Å²) in [4.78, 5) is 16.1. The highest BCUT2D eigenvalue weighted by molar-refractivity contribution is 6.31. The highest BCUT2D eigenvalue weighted by Crippen LogP contribution is 2.31. The molecule has 0 aromatic heterocycles. The van der Waals surface area contributed by atoms with E-state index in [9.17, 15) is 15.1 Å². The molecule has 6 heteroatoms. The van der Waals surface area contributed by atoms with Gasteiger partial charge in [0, 0.05) is 7.05 Å². The zero-order chi connectivity index (χ0) is 18.3. The van der Waals surface area contributed by atoms with Crippen molar-refractivity contribution >= 4 is 17.3 Å². The molecule has 0 unspecified atom stereocenters. The second kappa shape index (κ2) is 8.56. The Kier molecular flexibility index (Phi) is 6.78. The number of allylic oxidation sites excluding steroid dienone is 1. The number of carbonyl (C=O) groups excluding carboxylic acids is 1. The molecule has 0 aliphatic carbocycles. The van der Waals surface area contributed by atoms with E-state index in [0.717, 1.165) is 0 Å². The van der Waals surface area contributed by atoms with Gasteiger partial charge in [-0.25, -0.2) is 0 Å². The van der Waals surface area contributed by atoms with Crippen LogP contribution in [0, 0.1) is 12.3 Å². The predicted molar refractivity (Wildman–Crippen MR) is 92.8 cm³/mol. The zero-order valence-corrected chi connectivity index (χ0v) is 14.1. The van der Waals surface area contributed by atoms with Crippen molar-refractivity contribution in [3.05, 3.63) is 47.2 Å². The van der Waals surface area contributed by atoms with Crippen LogP contribution in [0.15, 0.2) is 46.7 Å². The summed E-state index contributed by atoms with van der Waals surface area (Å²) in [5.74, 6) is 1.95. The molecule has 0 saturated heterocycles. The molecule has 1 heterocycles. The Morgan fingerprint density at radius 1 is 1.33 bits per heavy atom. The average molecular weight is 328 g/mol. The van der Waals surface area contributed by atoms with E-state index in [-0.39, 0.29) is 17.2 Å². The maximum absolute atomic E-state index is 12.2. The van der Waals surface area contributed by atoms with Crippen LogP contribution in [0.2, 0.25) is 0 Å². The van der Waals surface area contributed by atoms with E-state index in [4.69, 9.17) is 4.74 Å². The van der Waals surface area contributed by atoms with Gasteiger partial charge in [0.15, 0.2) is 5.84 Å². The molecule has 0 fully saturated rings. The molecule has 6 nitrogen and oxygen atoms in total. The van der Waals surface area contributed by atoms with Crippen LogP contribution in [-0.4, -0.2) is 41.3 Å². The number of amides is 1. The van der Waals surface area contributed by atoms with E-state index in [1.54, 1.807) is 44.2 Å². The van der Waals surface area contributed by atoms with E-state index in [2.05, 4.69) is 17.3 Å². The second-order valence-corrected chi connectivity index (χ2v) is 4.61. The minimum absolute atomic E-state index is 0.0114. The number of rotatable bonds is 2. The number of aliphatic hydroxyl groups is 1. The standard InChI is InChI=1S/C15H16N2O4.C3H4/c1-4-11-13(18)12(15(19)17(20)14(11)16-2)9-5-7-10(21-3)8-6-9;1-3-2/h4-8,18,20H,1-3H3;1H,2H3/b11-4-,16-14?;. The number of carbonyl (C=O) groups is 1. The molecule has 1 aromatic carbocycles. The molecule has 2 rings (SSSR count). The topological polar surface area (TPSA) is 82.4 Å². The molecule has 0 radical (unpaired) electrons. The lowest BCUT2D eigenvalue weighted by Crippen LogP contribution is -2.40. The van der Waals surface area contributed by atoms with E-state index >= 15 is 0 Å². The Morgan fingerprint density at radius 3 is 2.29 bits per heavy atom. The molecule has 2 N–H and O–H groups in total. The van der Waals surface area contributed by atoms with Crippen LogP contribution in [0.3, 0.4) is 0 Å². The summed E-state index contributed by atoms with van der Waals surface area (Å²) in [7, 11) is 2.97. The number of aliphatic imine (C=N–C) groups is 1. The molecule has 0 spiro atoms. The maximum Gasteiger partial charge on any atom is 0.287 e. The van der Waals surface area contributed by atoms with Gasteiger partial charge in [0.1, 0.15) is 11.5 Å². The minimum atomic E-state index is -0.733. The lowest BCUT2D eigenvalue weighted by Gasteiger charge is -2.26. The van der Waals surface area contributed by atoms with Gasteiger partial charge in [-0.2, -0.15) is 5.06 Å². The minimum Gasteiger partial charge on any atom is -0.506 e. The molecule has 24 heavy (non-hydrogen) atoms. The van der Waals surface area contributed by atoms with Gasteiger partial charge < -0.3 is 9.84 Å². The van der Waals surface area contributed by atoms with Crippen molar-refractivity contribution in [1.29, 1.82) is 0 Å². The van der Waals surface area contributed by atoms with Gasteiger partial charge >= 0.3 is 0 Å². The van der Waals surface area contributed by atoms with Crippen molar-refractivity contribution in [3.63, 3.8) is 0 Å². The third kappa shape index (κ3) is 3.65. The van der Waals surface area contributed by atoms with E-state index < -0.39 is 5.91 Å². The van der Waals surface area contributed by atoms with Crippen LogP contribution < -0.4 is 4.74 Å². The summed E-state index contributed by atoms with van der Waals surface area (Å²) >= 11 is 0. The normalized spacial score (nSPS) is 17.5. The molecule has 1 aliphatic heterocycles. The predicted octanol–water partition coefficient (Wildman–Crippen LogP) is 2.81. The van der Waals surface area contributed by atoms with Crippen molar-refractivity contribution in [2.24, 2.45) is 4.99 Å². The summed E-state index contributed by atoms with van der Waals surface area (Å²) in [6.07, 6.45) is 6.18. The van der Waals surface area contributed by atoms with Gasteiger partial charge in [0.2, 0.25) is 0 Å². The molecule has 1 amide bonds. The molecular formula is C18H20N2O4. The largest absolute Gasteiger partial charge is 0.506 e. The van der Waals surface area contributed by atoms with Crippen molar-refractivity contribution in [2.45, 2.75) is 13.8 Å². The second-order valence-electron chi connectivity index (χ2n) is 4.61. The maximum atomic E-state index is 12.2. The van der Waals surface area contributed by atoms with E-state index in [0.29, 0.717) is 21.9 Å². The van der Waals surface area contributed by atoms with Gasteiger partial charge in [-0.15, -0.1) is 12.3 Å². The summed E-state index contributed by atoms with van der Waals surface area (Å²) in [6, 6.07) is 6.61. The van der Waals surface area contributed by atoms with Crippen LogP contribution in [0.5, 0.6) is 5.75 Å². The average Bonchev–Trinajstić information content (AvgIpc) is 2.59. The quantitative estimate of drug-likeness (QED) is 0.646.